The molecule has 2 unspecified atom stereocenters. The van der Waals surface area contributed by atoms with E-state index in [2.05, 4.69) is 20.1 Å². The van der Waals surface area contributed by atoms with Crippen LogP contribution in [0, 0.1) is 25.7 Å². The number of unbranched alkanes of at least 4 members (excludes halogenated alkanes) is 1. The van der Waals surface area contributed by atoms with Crippen molar-refractivity contribution >= 4 is 40.9 Å². The zero-order valence-electron chi connectivity index (χ0n) is 27.5. The summed E-state index contributed by atoms with van der Waals surface area (Å²) in [6, 6.07) is 12.6. The van der Waals surface area contributed by atoms with Crippen molar-refractivity contribution in [2.45, 2.75) is 68.9 Å². The molecule has 3 aliphatic rings. The summed E-state index contributed by atoms with van der Waals surface area (Å²) < 4.78 is 4.35. The molecular weight excluding hydrogens is 598 g/mol. The van der Waals surface area contributed by atoms with Gasteiger partial charge in [0, 0.05) is 42.4 Å². The predicted octanol–water partition coefficient (Wildman–Crippen LogP) is 5.69. The molecule has 9 heteroatoms. The van der Waals surface area contributed by atoms with E-state index >= 15 is 0 Å². The molecular formula is C37H47N3O5S. The highest BCUT2D eigenvalue weighted by atomic mass is 32.2. The normalized spacial score (nSPS) is 26.2. The molecule has 1 spiro atoms. The van der Waals surface area contributed by atoms with Crippen molar-refractivity contribution in [2.75, 3.05) is 42.6 Å². The zero-order valence-corrected chi connectivity index (χ0v) is 28.4. The molecule has 5 rings (SSSR count). The fraction of sp³-hybridized carbons (Fsp3) is 0.486. The minimum absolute atomic E-state index is 0.00669. The number of carbonyl (C=O) groups excluding carboxylic acids is 3. The van der Waals surface area contributed by atoms with Gasteiger partial charge >= 0.3 is 0 Å². The Labute approximate surface area is 277 Å². The highest BCUT2D eigenvalue weighted by Crippen LogP contribution is 2.71. The Bertz CT molecular complexity index is 1470. The summed E-state index contributed by atoms with van der Waals surface area (Å²) in [6.45, 7) is 17.4. The van der Waals surface area contributed by atoms with Crippen LogP contribution < -0.4 is 14.5 Å². The number of anilines is 2. The smallest absolute Gasteiger partial charge is 0.251 e. The predicted molar refractivity (Wildman–Crippen MR) is 185 cm³/mol. The molecule has 2 aromatic carbocycles. The number of benzene rings is 2. The first-order chi connectivity index (χ1) is 22.1. The fourth-order valence-electron chi connectivity index (χ4n) is 8.02. The average Bonchev–Trinajstić information content (AvgIpc) is 3.60. The van der Waals surface area contributed by atoms with Crippen LogP contribution in [0.4, 0.5) is 11.4 Å². The molecule has 1 N–H and O–H groups in total. The Balaban J connectivity index is 1.58. The molecule has 3 heterocycles. The summed E-state index contributed by atoms with van der Waals surface area (Å²) >= 11 is 1.67. The van der Waals surface area contributed by atoms with Crippen LogP contribution in [0.15, 0.2) is 67.8 Å². The lowest BCUT2D eigenvalue weighted by Crippen LogP contribution is -2.55. The lowest BCUT2D eigenvalue weighted by atomic mass is 9.66. The summed E-state index contributed by atoms with van der Waals surface area (Å²) in [5.41, 5.74) is 3.49. The van der Waals surface area contributed by atoms with E-state index in [1.807, 2.05) is 63.2 Å². The number of ether oxygens (including phenoxy) is 1. The van der Waals surface area contributed by atoms with Crippen LogP contribution in [0.1, 0.15) is 50.7 Å². The fourth-order valence-corrected chi connectivity index (χ4v) is 10.4. The standard InChI is InChI=1S/C37H47N3O5S/c1-7-21-38(27-15-17-28(18-16-27)45-9-3)33(42)29-30-34(43)40(23-10-11-24-41)32(37(30)20-19-36(29,6)46-37)35(44)39(22-8-2)31-25(4)13-12-14-26(31)5/h7-8,12-18,29-30,32,41H,1-2,9-11,19-24H2,3-6H3/t29-,30+,32?,36+,37?/m1/s1. The Kier molecular flexibility index (Phi) is 10.0. The second-order valence-electron chi connectivity index (χ2n) is 12.8. The molecule has 8 nitrogen and oxygen atoms in total. The number of nitrogens with zero attached hydrogens (tertiary/aromatic N) is 3. The number of rotatable bonds is 14. The van der Waals surface area contributed by atoms with E-state index < -0.39 is 27.4 Å². The van der Waals surface area contributed by atoms with Crippen molar-refractivity contribution in [1.82, 2.24) is 4.90 Å². The van der Waals surface area contributed by atoms with Gasteiger partial charge in [0.1, 0.15) is 11.8 Å². The van der Waals surface area contributed by atoms with Crippen LogP contribution in [-0.4, -0.2) is 76.1 Å². The minimum Gasteiger partial charge on any atom is -0.494 e. The Morgan fingerprint density at radius 2 is 1.67 bits per heavy atom. The van der Waals surface area contributed by atoms with Gasteiger partial charge in [-0.1, -0.05) is 30.4 Å². The van der Waals surface area contributed by atoms with Crippen molar-refractivity contribution in [3.8, 4) is 5.75 Å². The van der Waals surface area contributed by atoms with E-state index in [-0.39, 0.29) is 24.3 Å². The highest BCUT2D eigenvalue weighted by Gasteiger charge is 2.77. The van der Waals surface area contributed by atoms with Gasteiger partial charge in [-0.2, -0.15) is 0 Å². The Hall–Kier alpha value is -3.56. The third-order valence-corrected chi connectivity index (χ3v) is 11.9. The van der Waals surface area contributed by atoms with Crippen LogP contribution in [-0.2, 0) is 14.4 Å². The van der Waals surface area contributed by atoms with Gasteiger partial charge < -0.3 is 24.5 Å². The second kappa shape index (κ2) is 13.7. The third kappa shape index (κ3) is 5.66. The van der Waals surface area contributed by atoms with Gasteiger partial charge in [-0.3, -0.25) is 14.4 Å². The summed E-state index contributed by atoms with van der Waals surface area (Å²) in [5.74, 6) is -0.952. The summed E-state index contributed by atoms with van der Waals surface area (Å²) in [7, 11) is 0. The summed E-state index contributed by atoms with van der Waals surface area (Å²) in [6.07, 6.45) is 5.91. The highest BCUT2D eigenvalue weighted by molar-refractivity contribution is 8.02. The van der Waals surface area contributed by atoms with Crippen molar-refractivity contribution < 1.29 is 24.2 Å². The number of aliphatic hydroxyl groups excluding tert-OH is 1. The molecule has 3 amide bonds. The van der Waals surface area contributed by atoms with Gasteiger partial charge in [-0.25, -0.2) is 0 Å². The quantitative estimate of drug-likeness (QED) is 0.210. The Morgan fingerprint density at radius 1 is 1.02 bits per heavy atom. The molecule has 2 bridgehead atoms. The molecule has 3 saturated heterocycles. The van der Waals surface area contributed by atoms with Crippen molar-refractivity contribution in [2.24, 2.45) is 11.8 Å². The SMILES string of the molecule is C=CCN(C(=O)[C@H]1[C@H]2C(=O)N(CCCCO)C(C(=O)N(CC=C)c3c(C)cccc3C)C23CC[C@]1(C)S3)c1ccc(OCC)cc1. The van der Waals surface area contributed by atoms with Crippen LogP contribution in [0.25, 0.3) is 0 Å². The first-order valence-electron chi connectivity index (χ1n) is 16.3. The van der Waals surface area contributed by atoms with E-state index in [0.29, 0.717) is 51.2 Å². The molecule has 0 saturated carbocycles. The lowest BCUT2D eigenvalue weighted by molar-refractivity contribution is -0.139. The first-order valence-corrected chi connectivity index (χ1v) is 17.1. The maximum atomic E-state index is 15.0. The number of carbonyl (C=O) groups is 3. The van der Waals surface area contributed by atoms with Crippen LogP contribution in [0.2, 0.25) is 0 Å². The van der Waals surface area contributed by atoms with Crippen LogP contribution in [0.3, 0.4) is 0 Å². The van der Waals surface area contributed by atoms with Gasteiger partial charge in [0.2, 0.25) is 11.8 Å². The van der Waals surface area contributed by atoms with Gasteiger partial charge in [-0.05, 0) is 88.8 Å². The molecule has 46 heavy (non-hydrogen) atoms. The number of para-hydroxylation sites is 1. The second-order valence-corrected chi connectivity index (χ2v) is 14.7. The molecule has 3 aliphatic heterocycles. The van der Waals surface area contributed by atoms with E-state index in [0.717, 1.165) is 29.0 Å². The molecule has 5 atom stereocenters. The monoisotopic (exact) mass is 645 g/mol. The number of aryl methyl sites for hydroxylation is 2. The minimum atomic E-state index is -0.753. The third-order valence-electron chi connectivity index (χ3n) is 9.91. The topological polar surface area (TPSA) is 90.4 Å². The maximum Gasteiger partial charge on any atom is 0.251 e. The molecule has 246 valence electrons. The van der Waals surface area contributed by atoms with Gasteiger partial charge in [0.15, 0.2) is 0 Å². The van der Waals surface area contributed by atoms with E-state index in [4.69, 9.17) is 4.74 Å². The van der Waals surface area contributed by atoms with Crippen molar-refractivity contribution in [1.29, 1.82) is 0 Å². The Morgan fingerprint density at radius 3 is 2.28 bits per heavy atom. The van der Waals surface area contributed by atoms with Crippen LogP contribution >= 0.6 is 11.8 Å². The maximum absolute atomic E-state index is 15.0. The number of hydrogen-bond acceptors (Lipinski definition) is 6. The molecule has 0 radical (unpaired) electrons. The number of amides is 3. The first kappa shape index (κ1) is 33.8. The molecule has 2 aromatic rings. The molecule has 0 aliphatic carbocycles. The lowest BCUT2D eigenvalue weighted by Gasteiger charge is -2.38. The average molecular weight is 646 g/mol. The van der Waals surface area contributed by atoms with Gasteiger partial charge in [0.25, 0.3) is 5.91 Å². The van der Waals surface area contributed by atoms with Crippen LogP contribution in [0.5, 0.6) is 5.75 Å². The number of aliphatic hydroxyl groups is 1. The number of likely N-dealkylation sites (tertiary alicyclic amines) is 1. The molecule has 0 aromatic heterocycles. The molecule has 3 fully saturated rings. The largest absolute Gasteiger partial charge is 0.494 e. The van der Waals surface area contributed by atoms with E-state index in [9.17, 15) is 19.5 Å². The van der Waals surface area contributed by atoms with Gasteiger partial charge in [-0.15, -0.1) is 24.9 Å². The number of thioether (sulfide) groups is 1. The van der Waals surface area contributed by atoms with Crippen molar-refractivity contribution in [3.05, 3.63) is 78.9 Å². The summed E-state index contributed by atoms with van der Waals surface area (Å²) in [5, 5.41) is 9.57. The van der Waals surface area contributed by atoms with E-state index in [1.54, 1.807) is 38.6 Å². The zero-order chi connectivity index (χ0) is 33.2. The van der Waals surface area contributed by atoms with Gasteiger partial charge in [0.05, 0.1) is 23.2 Å². The summed E-state index contributed by atoms with van der Waals surface area (Å²) in [4.78, 5) is 49.6. The van der Waals surface area contributed by atoms with E-state index in [1.165, 1.54) is 0 Å². The number of fused-ring (bicyclic) bond motifs is 1. The number of hydrogen-bond donors (Lipinski definition) is 1. The van der Waals surface area contributed by atoms with Crippen molar-refractivity contribution in [3.63, 3.8) is 0 Å².